The first kappa shape index (κ1) is 31.2. The second-order valence-corrected chi connectivity index (χ2v) is 12.3. The Hall–Kier alpha value is -3.76. The number of hydrogen-bond donors (Lipinski definition) is 2. The maximum atomic E-state index is 14.0. The highest BCUT2D eigenvalue weighted by Gasteiger charge is 2.46. The Morgan fingerprint density at radius 3 is 2.38 bits per heavy atom. The molecule has 3 heterocycles. The molecule has 6 rings (SSSR count). The van der Waals surface area contributed by atoms with Gasteiger partial charge in [-0.2, -0.15) is 13.9 Å². The van der Waals surface area contributed by atoms with Gasteiger partial charge in [-0.15, -0.1) is 0 Å². The summed E-state index contributed by atoms with van der Waals surface area (Å²) in [5.74, 6) is -7.34. The zero-order valence-corrected chi connectivity index (χ0v) is 23.9. The van der Waals surface area contributed by atoms with E-state index in [2.05, 4.69) is 40.4 Å². The molecule has 2 atom stereocenters. The zero-order chi connectivity index (χ0) is 31.9. The molecule has 11 nitrogen and oxygen atoms in total. The molecule has 3 aliphatic rings. The van der Waals surface area contributed by atoms with Crippen molar-refractivity contribution in [2.75, 3.05) is 0 Å². The van der Waals surface area contributed by atoms with Crippen LogP contribution in [-0.4, -0.2) is 55.2 Å². The average molecular weight is 644 g/mol. The van der Waals surface area contributed by atoms with Gasteiger partial charge in [-0.05, 0) is 60.2 Å². The Labute approximate surface area is 252 Å². The Morgan fingerprint density at radius 2 is 1.71 bits per heavy atom. The van der Waals surface area contributed by atoms with Gasteiger partial charge in [0, 0.05) is 32.1 Å². The lowest BCUT2D eigenvalue weighted by Gasteiger charge is -2.34. The monoisotopic (exact) mass is 643 g/mol. The molecule has 244 valence electrons. The van der Waals surface area contributed by atoms with Crippen molar-refractivity contribution in [3.63, 3.8) is 0 Å². The lowest BCUT2D eigenvalue weighted by molar-refractivity contribution is -0.138. The van der Waals surface area contributed by atoms with Crippen LogP contribution in [0.5, 0.6) is 0 Å². The number of aromatic nitrogens is 5. The SMILES string of the molecule is O=C(CC1CC(F)(F)C1)NC(c1cnn2cc([C@@H](NC(=O)c3nonc3COC(F)F)C3CCC(F)(F)CC3)nc2c1)C1CC1. The van der Waals surface area contributed by atoms with E-state index < -0.39 is 42.9 Å². The molecule has 0 aromatic carbocycles. The van der Waals surface area contributed by atoms with Crippen LogP contribution in [0, 0.1) is 17.8 Å². The van der Waals surface area contributed by atoms with Crippen molar-refractivity contribution in [3.05, 3.63) is 41.1 Å². The van der Waals surface area contributed by atoms with Crippen molar-refractivity contribution in [3.8, 4) is 0 Å². The number of amides is 2. The predicted octanol–water partition coefficient (Wildman–Crippen LogP) is 5.15. The molecule has 3 aliphatic carbocycles. The quantitative estimate of drug-likeness (QED) is 0.259. The van der Waals surface area contributed by atoms with Gasteiger partial charge in [0.25, 0.3) is 5.91 Å². The van der Waals surface area contributed by atoms with Crippen LogP contribution in [0.25, 0.3) is 5.65 Å². The third-order valence-corrected chi connectivity index (χ3v) is 8.73. The fourth-order valence-electron chi connectivity index (χ4n) is 6.21. The van der Waals surface area contributed by atoms with E-state index in [1.165, 1.54) is 4.52 Å². The first-order valence-corrected chi connectivity index (χ1v) is 14.8. The average Bonchev–Trinajstić information content (AvgIpc) is 3.53. The number of nitrogens with zero attached hydrogens (tertiary/aromatic N) is 5. The number of alkyl halides is 6. The summed E-state index contributed by atoms with van der Waals surface area (Å²) in [6, 6.07) is 0.464. The molecule has 45 heavy (non-hydrogen) atoms. The topological polar surface area (TPSA) is 137 Å². The highest BCUT2D eigenvalue weighted by atomic mass is 19.3. The maximum Gasteiger partial charge on any atom is 0.345 e. The summed E-state index contributed by atoms with van der Waals surface area (Å²) in [5, 5.41) is 17.1. The molecule has 0 radical (unpaired) electrons. The number of nitrogens with one attached hydrogen (secondary N) is 2. The van der Waals surface area contributed by atoms with Gasteiger partial charge in [-0.3, -0.25) is 9.59 Å². The van der Waals surface area contributed by atoms with Gasteiger partial charge in [0.05, 0.1) is 30.2 Å². The fraction of sp³-hybridized carbons (Fsp3) is 0.643. The second-order valence-electron chi connectivity index (χ2n) is 12.3. The predicted molar refractivity (Wildman–Crippen MR) is 141 cm³/mol. The molecule has 0 saturated heterocycles. The van der Waals surface area contributed by atoms with Gasteiger partial charge in [-0.25, -0.2) is 31.7 Å². The van der Waals surface area contributed by atoms with Crippen molar-refractivity contribution in [1.82, 2.24) is 35.5 Å². The van der Waals surface area contributed by atoms with Crippen LogP contribution in [0.1, 0.15) is 97.3 Å². The van der Waals surface area contributed by atoms with E-state index in [1.54, 1.807) is 18.5 Å². The van der Waals surface area contributed by atoms with Gasteiger partial charge in [0.15, 0.2) is 11.3 Å². The molecule has 0 spiro atoms. The van der Waals surface area contributed by atoms with Crippen LogP contribution in [0.3, 0.4) is 0 Å². The largest absolute Gasteiger partial charge is 0.349 e. The van der Waals surface area contributed by atoms with Crippen LogP contribution >= 0.6 is 0 Å². The molecule has 3 aromatic heterocycles. The summed E-state index contributed by atoms with van der Waals surface area (Å²) in [6.07, 6.45) is 3.67. The van der Waals surface area contributed by atoms with Crippen LogP contribution < -0.4 is 10.6 Å². The molecule has 2 N–H and O–H groups in total. The smallest absolute Gasteiger partial charge is 0.345 e. The molecule has 3 fully saturated rings. The normalized spacial score (nSPS) is 21.4. The van der Waals surface area contributed by atoms with E-state index in [0.29, 0.717) is 16.9 Å². The second kappa shape index (κ2) is 12.2. The van der Waals surface area contributed by atoms with Crippen molar-refractivity contribution in [1.29, 1.82) is 0 Å². The van der Waals surface area contributed by atoms with E-state index in [9.17, 15) is 35.9 Å². The minimum atomic E-state index is -3.12. The fourth-order valence-corrected chi connectivity index (χ4v) is 6.21. The number of fused-ring (bicyclic) bond motifs is 1. The molecule has 3 aromatic rings. The number of carbonyl (C=O) groups is 2. The lowest BCUT2D eigenvalue weighted by atomic mass is 9.79. The Morgan fingerprint density at radius 1 is 1.00 bits per heavy atom. The number of carbonyl (C=O) groups excluding carboxylic acids is 2. The summed E-state index contributed by atoms with van der Waals surface area (Å²) in [4.78, 5) is 30.6. The molecule has 0 aliphatic heterocycles. The van der Waals surface area contributed by atoms with Gasteiger partial charge in [0.2, 0.25) is 17.8 Å². The molecular weight excluding hydrogens is 612 g/mol. The van der Waals surface area contributed by atoms with Crippen LogP contribution in [-0.2, 0) is 16.1 Å². The lowest BCUT2D eigenvalue weighted by Crippen LogP contribution is -2.39. The standard InChI is InChI=1S/C28H31F6N7O4/c29-26(30)44-13-19-24(40-45-39-19)25(43)38-23(16-3-5-27(31,32)6-4-16)18-12-41-20(36-18)8-17(11-35-41)22(15-1-2-15)37-21(42)7-14-9-28(33,34)10-14/h8,11-12,14-16,22-23,26H,1-7,9-10,13H2,(H,37,42)(H,38,43)/t22?,23-/m0/s1. The van der Waals surface area contributed by atoms with Crippen LogP contribution in [0.15, 0.2) is 23.1 Å². The van der Waals surface area contributed by atoms with E-state index in [0.717, 1.165) is 12.8 Å². The molecular formula is C28H31F6N7O4. The summed E-state index contributed by atoms with van der Waals surface area (Å²) in [6.45, 7) is -3.86. The third kappa shape index (κ3) is 7.39. The summed E-state index contributed by atoms with van der Waals surface area (Å²) in [5.41, 5.74) is 0.713. The van der Waals surface area contributed by atoms with E-state index >= 15 is 0 Å². The molecule has 17 heteroatoms. The zero-order valence-electron chi connectivity index (χ0n) is 23.9. The number of halogens is 6. The maximum absolute atomic E-state index is 14.0. The number of rotatable bonds is 12. The van der Waals surface area contributed by atoms with Crippen LogP contribution in [0.2, 0.25) is 0 Å². The first-order valence-electron chi connectivity index (χ1n) is 14.8. The highest BCUT2D eigenvalue weighted by molar-refractivity contribution is 5.93. The summed E-state index contributed by atoms with van der Waals surface area (Å²) in [7, 11) is 0. The summed E-state index contributed by atoms with van der Waals surface area (Å²) >= 11 is 0. The van der Waals surface area contributed by atoms with Crippen LogP contribution in [0.4, 0.5) is 26.3 Å². The van der Waals surface area contributed by atoms with Crippen molar-refractivity contribution in [2.45, 2.75) is 94.9 Å². The van der Waals surface area contributed by atoms with Gasteiger partial charge in [0.1, 0.15) is 12.3 Å². The molecule has 3 saturated carbocycles. The Kier molecular flexibility index (Phi) is 8.47. The van der Waals surface area contributed by atoms with E-state index in [-0.39, 0.29) is 80.1 Å². The molecule has 0 bridgehead atoms. The number of ether oxygens (including phenoxy) is 1. The van der Waals surface area contributed by atoms with Crippen molar-refractivity contribution in [2.24, 2.45) is 17.8 Å². The first-order chi connectivity index (χ1) is 21.4. The van der Waals surface area contributed by atoms with Gasteiger partial charge in [-0.1, -0.05) is 5.16 Å². The Balaban J connectivity index is 1.22. The van der Waals surface area contributed by atoms with Crippen molar-refractivity contribution < 1.29 is 45.3 Å². The van der Waals surface area contributed by atoms with Gasteiger partial charge < -0.3 is 15.4 Å². The highest BCUT2D eigenvalue weighted by Crippen LogP contribution is 2.45. The molecule has 1 unspecified atom stereocenters. The van der Waals surface area contributed by atoms with Gasteiger partial charge >= 0.3 is 6.61 Å². The summed E-state index contributed by atoms with van der Waals surface area (Å²) < 4.78 is 89.9. The third-order valence-electron chi connectivity index (χ3n) is 8.73. The Bertz CT molecular complexity index is 1530. The molecule has 2 amide bonds. The minimum absolute atomic E-state index is 0.0147. The minimum Gasteiger partial charge on any atom is -0.349 e. The van der Waals surface area contributed by atoms with E-state index in [4.69, 9.17) is 0 Å². The van der Waals surface area contributed by atoms with Crippen molar-refractivity contribution >= 4 is 17.5 Å². The van der Waals surface area contributed by atoms with E-state index in [1.807, 2.05) is 0 Å². The number of imidazole rings is 1. The number of hydrogen-bond acceptors (Lipinski definition) is 8.